The predicted octanol–water partition coefficient (Wildman–Crippen LogP) is 2.02. The summed E-state index contributed by atoms with van der Waals surface area (Å²) < 4.78 is 0. The Kier molecular flexibility index (Phi) is 6.42. The molecule has 6 nitrogen and oxygen atoms in total. The van der Waals surface area contributed by atoms with Crippen molar-refractivity contribution in [2.45, 2.75) is 31.5 Å². The Hall–Kier alpha value is -2.72. The first-order valence-electron chi connectivity index (χ1n) is 9.44. The number of Topliss-reactive ketones (excluding diaryl/α,β-unsaturated/α-hetero) is 1. The van der Waals surface area contributed by atoms with Crippen LogP contribution in [0.25, 0.3) is 16.8 Å². The van der Waals surface area contributed by atoms with Crippen molar-refractivity contribution in [1.29, 1.82) is 5.26 Å². The first kappa shape index (κ1) is 20.0. The molecule has 0 aliphatic carbocycles. The fourth-order valence-corrected chi connectivity index (χ4v) is 3.34. The normalized spacial score (nSPS) is 16.4. The lowest BCUT2D eigenvalue weighted by Crippen LogP contribution is -2.37. The van der Waals surface area contributed by atoms with Crippen LogP contribution in [0.3, 0.4) is 0 Å². The third kappa shape index (κ3) is 4.23. The molecule has 6 heteroatoms. The summed E-state index contributed by atoms with van der Waals surface area (Å²) in [5.74, 6) is -0.394. The number of carbonyl (C=O) groups excluding carboxylic acids is 1. The maximum absolute atomic E-state index is 12.5. The maximum atomic E-state index is 12.5. The summed E-state index contributed by atoms with van der Waals surface area (Å²) in [4.78, 5) is 14.7. The highest BCUT2D eigenvalue weighted by Gasteiger charge is 2.22. The molecule has 3 rings (SSSR count). The van der Waals surface area contributed by atoms with Gasteiger partial charge < -0.3 is 20.2 Å². The highest BCUT2D eigenvalue weighted by molar-refractivity contribution is 6.06. The van der Waals surface area contributed by atoms with Crippen LogP contribution < -0.4 is 4.90 Å². The Morgan fingerprint density at radius 3 is 2.57 bits per heavy atom. The molecule has 1 aliphatic rings. The second kappa shape index (κ2) is 8.98. The average Bonchev–Trinajstić information content (AvgIpc) is 2.69. The van der Waals surface area contributed by atoms with Gasteiger partial charge in [-0.25, -0.2) is 0 Å². The van der Waals surface area contributed by atoms with Crippen LogP contribution in [0.1, 0.15) is 24.8 Å². The lowest BCUT2D eigenvalue weighted by Gasteiger charge is -2.35. The summed E-state index contributed by atoms with van der Waals surface area (Å²) in [5, 5.41) is 39.7. The minimum Gasteiger partial charge on any atom is -0.394 e. The summed E-state index contributed by atoms with van der Waals surface area (Å²) in [6.45, 7) is 1.30. The van der Waals surface area contributed by atoms with Gasteiger partial charge in [0.05, 0.1) is 24.0 Å². The molecule has 1 heterocycles. The molecular weight excluding hydrogens is 356 g/mol. The second-order valence-corrected chi connectivity index (χ2v) is 7.01. The number of aliphatic hydroxyl groups excluding tert-OH is 3. The number of hydrogen-bond acceptors (Lipinski definition) is 6. The van der Waals surface area contributed by atoms with Crippen LogP contribution in [0.4, 0.5) is 5.69 Å². The van der Waals surface area contributed by atoms with Crippen molar-refractivity contribution >= 4 is 28.3 Å². The molecule has 2 aromatic rings. The fourth-order valence-electron chi connectivity index (χ4n) is 3.34. The van der Waals surface area contributed by atoms with Crippen molar-refractivity contribution in [2.75, 3.05) is 24.6 Å². The van der Waals surface area contributed by atoms with Crippen LogP contribution in [-0.2, 0) is 4.79 Å². The van der Waals surface area contributed by atoms with Gasteiger partial charge in [-0.1, -0.05) is 36.4 Å². The van der Waals surface area contributed by atoms with E-state index in [1.165, 1.54) is 0 Å². The van der Waals surface area contributed by atoms with Crippen molar-refractivity contribution in [1.82, 2.24) is 0 Å². The number of allylic oxidation sites excluding steroid dienone is 1. The molecule has 0 amide bonds. The summed E-state index contributed by atoms with van der Waals surface area (Å²) in [6.07, 6.45) is 0.131. The van der Waals surface area contributed by atoms with Gasteiger partial charge in [0.25, 0.3) is 0 Å². The number of hydrogen-bond donors (Lipinski definition) is 3. The van der Waals surface area contributed by atoms with Gasteiger partial charge in [0, 0.05) is 24.9 Å². The molecule has 146 valence electrons. The maximum Gasteiger partial charge on any atom is 0.173 e. The number of anilines is 1. The highest BCUT2D eigenvalue weighted by atomic mass is 16.4. The van der Waals surface area contributed by atoms with Crippen LogP contribution in [0.15, 0.2) is 42.0 Å². The van der Waals surface area contributed by atoms with Crippen molar-refractivity contribution in [3.63, 3.8) is 0 Å². The average molecular weight is 380 g/mol. The van der Waals surface area contributed by atoms with Crippen LogP contribution >= 0.6 is 0 Å². The van der Waals surface area contributed by atoms with Crippen molar-refractivity contribution in [2.24, 2.45) is 0 Å². The number of benzene rings is 2. The van der Waals surface area contributed by atoms with E-state index in [-0.39, 0.29) is 18.4 Å². The molecular formula is C22H24N2O4. The minimum absolute atomic E-state index is 0.0164. The molecule has 1 saturated heterocycles. The quantitative estimate of drug-likeness (QED) is 0.478. The molecule has 0 bridgehead atoms. The Labute approximate surface area is 163 Å². The summed E-state index contributed by atoms with van der Waals surface area (Å²) in [7, 11) is 0. The van der Waals surface area contributed by atoms with E-state index < -0.39 is 24.6 Å². The number of nitriles is 1. The van der Waals surface area contributed by atoms with Gasteiger partial charge in [0.15, 0.2) is 5.78 Å². The van der Waals surface area contributed by atoms with E-state index >= 15 is 0 Å². The van der Waals surface area contributed by atoms with Crippen LogP contribution in [-0.4, -0.2) is 53.0 Å². The molecule has 0 spiro atoms. The van der Waals surface area contributed by atoms with Gasteiger partial charge >= 0.3 is 0 Å². The number of nitrogens with zero attached hydrogens (tertiary/aromatic N) is 2. The number of rotatable bonds is 8. The van der Waals surface area contributed by atoms with Crippen LogP contribution in [0.5, 0.6) is 0 Å². The molecule has 2 unspecified atom stereocenters. The number of carbonyl (C=O) groups is 1. The zero-order valence-corrected chi connectivity index (χ0v) is 15.6. The number of ketones is 1. The van der Waals surface area contributed by atoms with Crippen LogP contribution in [0.2, 0.25) is 0 Å². The molecule has 28 heavy (non-hydrogen) atoms. The molecule has 0 saturated carbocycles. The topological polar surface area (TPSA) is 105 Å². The second-order valence-electron chi connectivity index (χ2n) is 7.01. The zero-order chi connectivity index (χ0) is 20.1. The van der Waals surface area contributed by atoms with E-state index in [4.69, 9.17) is 5.11 Å². The Morgan fingerprint density at radius 1 is 1.18 bits per heavy atom. The largest absolute Gasteiger partial charge is 0.394 e. The van der Waals surface area contributed by atoms with E-state index in [0.717, 1.165) is 41.5 Å². The van der Waals surface area contributed by atoms with Gasteiger partial charge in [0.1, 0.15) is 12.2 Å². The standard InChI is InChI=1S/C22H24N2O4/c23-13-17(19(26)8-9-20(27)21(28)14-25)12-16-7-6-15-4-1-2-5-18(15)22(16)24-10-3-11-24/h1-2,4-7,12,20-21,25,27-28H,3,8-11,14H2/b17-12+. The predicted molar refractivity (Wildman–Crippen MR) is 108 cm³/mol. The minimum atomic E-state index is -1.29. The highest BCUT2D eigenvalue weighted by Crippen LogP contribution is 2.35. The monoisotopic (exact) mass is 380 g/mol. The molecule has 0 aromatic heterocycles. The third-order valence-electron chi connectivity index (χ3n) is 5.12. The van der Waals surface area contributed by atoms with Crippen LogP contribution in [0, 0.1) is 11.3 Å². The number of fused-ring (bicyclic) bond motifs is 1. The molecule has 3 N–H and O–H groups in total. The molecule has 0 radical (unpaired) electrons. The summed E-state index contributed by atoms with van der Waals surface area (Å²) in [5.41, 5.74) is 1.86. The van der Waals surface area contributed by atoms with Gasteiger partial charge in [0.2, 0.25) is 0 Å². The van der Waals surface area contributed by atoms with Crippen molar-refractivity contribution in [3.05, 3.63) is 47.5 Å². The Morgan fingerprint density at radius 2 is 1.93 bits per heavy atom. The first-order valence-corrected chi connectivity index (χ1v) is 9.44. The Balaban J connectivity index is 1.89. The van der Waals surface area contributed by atoms with E-state index in [9.17, 15) is 20.3 Å². The van der Waals surface area contributed by atoms with E-state index in [2.05, 4.69) is 4.90 Å². The molecule has 2 aromatic carbocycles. The van der Waals surface area contributed by atoms with E-state index in [1.54, 1.807) is 6.08 Å². The van der Waals surface area contributed by atoms with Gasteiger partial charge in [-0.2, -0.15) is 5.26 Å². The van der Waals surface area contributed by atoms with E-state index in [0.29, 0.717) is 0 Å². The first-order chi connectivity index (χ1) is 13.5. The third-order valence-corrected chi connectivity index (χ3v) is 5.12. The SMILES string of the molecule is N#C/C(=C\c1ccc2ccccc2c1N1CCC1)C(=O)CCC(O)C(O)CO. The van der Waals surface area contributed by atoms with Gasteiger partial charge in [-0.05, 0) is 29.9 Å². The zero-order valence-electron chi connectivity index (χ0n) is 15.6. The smallest absolute Gasteiger partial charge is 0.173 e. The summed E-state index contributed by atoms with van der Waals surface area (Å²) in [6, 6.07) is 13.9. The van der Waals surface area contributed by atoms with Crippen molar-refractivity contribution in [3.8, 4) is 6.07 Å². The van der Waals surface area contributed by atoms with E-state index in [1.807, 2.05) is 42.5 Å². The lowest BCUT2D eigenvalue weighted by molar-refractivity contribution is -0.116. The lowest BCUT2D eigenvalue weighted by atomic mass is 9.97. The molecule has 1 aliphatic heterocycles. The fraction of sp³-hybridized carbons (Fsp3) is 0.364. The van der Waals surface area contributed by atoms with Crippen molar-refractivity contribution < 1.29 is 20.1 Å². The molecule has 2 atom stereocenters. The van der Waals surface area contributed by atoms with Gasteiger partial charge in [-0.15, -0.1) is 0 Å². The summed E-state index contributed by atoms with van der Waals surface area (Å²) >= 11 is 0. The number of aliphatic hydroxyl groups is 3. The van der Waals surface area contributed by atoms with Gasteiger partial charge in [-0.3, -0.25) is 4.79 Å². The Bertz CT molecular complexity index is 928. The molecule has 1 fully saturated rings.